The van der Waals surface area contributed by atoms with Gasteiger partial charge in [0.25, 0.3) is 0 Å². The maximum absolute atomic E-state index is 3.77. The van der Waals surface area contributed by atoms with Crippen molar-refractivity contribution in [2.75, 3.05) is 6.54 Å². The van der Waals surface area contributed by atoms with Crippen LogP contribution in [0.3, 0.4) is 0 Å². The van der Waals surface area contributed by atoms with Crippen LogP contribution in [0, 0.1) is 6.92 Å². The molecular formula is C15H22BrN. The lowest BCUT2D eigenvalue weighted by Gasteiger charge is -2.19. The quantitative estimate of drug-likeness (QED) is 0.565. The van der Waals surface area contributed by atoms with Crippen molar-refractivity contribution in [2.24, 2.45) is 0 Å². The number of rotatable bonds is 7. The van der Waals surface area contributed by atoms with Crippen LogP contribution in [0.1, 0.15) is 43.4 Å². The molecule has 0 saturated heterocycles. The summed E-state index contributed by atoms with van der Waals surface area (Å²) < 4.78 is 1.20. The van der Waals surface area contributed by atoms with E-state index < -0.39 is 0 Å². The van der Waals surface area contributed by atoms with E-state index in [1.54, 1.807) is 0 Å². The Hall–Kier alpha value is -0.600. The molecule has 0 aliphatic heterocycles. The van der Waals surface area contributed by atoms with Crippen molar-refractivity contribution in [1.29, 1.82) is 0 Å². The van der Waals surface area contributed by atoms with Crippen molar-refractivity contribution in [2.45, 2.75) is 39.2 Å². The second kappa shape index (κ2) is 7.67. The number of nitrogens with one attached hydrogen (secondary N) is 1. The van der Waals surface area contributed by atoms with E-state index in [4.69, 9.17) is 0 Å². The van der Waals surface area contributed by atoms with Gasteiger partial charge < -0.3 is 5.32 Å². The molecule has 1 nitrogen and oxygen atoms in total. The first-order valence-electron chi connectivity index (χ1n) is 6.29. The Labute approximate surface area is 113 Å². The van der Waals surface area contributed by atoms with Gasteiger partial charge in [-0.3, -0.25) is 0 Å². The molecule has 1 N–H and O–H groups in total. The van der Waals surface area contributed by atoms with Crippen LogP contribution in [0.4, 0.5) is 0 Å². The maximum atomic E-state index is 3.77. The highest BCUT2D eigenvalue weighted by Crippen LogP contribution is 2.25. The fraction of sp³-hybridized carbons (Fsp3) is 0.467. The SMILES string of the molecule is C=CCCCC(NCC)c1ccc(C)c(Br)c1. The Morgan fingerprint density at radius 3 is 2.82 bits per heavy atom. The molecule has 1 unspecified atom stereocenters. The average Bonchev–Trinajstić information content (AvgIpc) is 2.32. The van der Waals surface area contributed by atoms with E-state index in [0.717, 1.165) is 19.4 Å². The smallest absolute Gasteiger partial charge is 0.0320 e. The van der Waals surface area contributed by atoms with Crippen LogP contribution in [-0.4, -0.2) is 6.54 Å². The van der Waals surface area contributed by atoms with Gasteiger partial charge in [0.05, 0.1) is 0 Å². The Kier molecular flexibility index (Phi) is 6.53. The standard InChI is InChI=1S/C15H22BrN/c1-4-6-7-8-15(17-5-2)13-10-9-12(3)14(16)11-13/h4,9-11,15,17H,1,5-8H2,2-3H3. The molecule has 0 aromatic heterocycles. The molecule has 1 atom stereocenters. The van der Waals surface area contributed by atoms with Crippen LogP contribution >= 0.6 is 15.9 Å². The Morgan fingerprint density at radius 2 is 2.24 bits per heavy atom. The molecule has 1 rings (SSSR count). The predicted octanol–water partition coefficient (Wildman–Crippen LogP) is 4.76. The number of hydrogen-bond donors (Lipinski definition) is 1. The van der Waals surface area contributed by atoms with E-state index in [1.807, 2.05) is 6.08 Å². The summed E-state index contributed by atoms with van der Waals surface area (Å²) in [5.74, 6) is 0. The highest BCUT2D eigenvalue weighted by atomic mass is 79.9. The van der Waals surface area contributed by atoms with Crippen LogP contribution in [0.25, 0.3) is 0 Å². The number of allylic oxidation sites excluding steroid dienone is 1. The van der Waals surface area contributed by atoms with Crippen molar-refractivity contribution in [1.82, 2.24) is 5.32 Å². The van der Waals surface area contributed by atoms with Crippen LogP contribution in [0.2, 0.25) is 0 Å². The Balaban J connectivity index is 2.73. The summed E-state index contributed by atoms with van der Waals surface area (Å²) in [7, 11) is 0. The number of aryl methyl sites for hydroxylation is 1. The average molecular weight is 296 g/mol. The molecule has 0 aliphatic carbocycles. The van der Waals surface area contributed by atoms with Gasteiger partial charge in [0.1, 0.15) is 0 Å². The van der Waals surface area contributed by atoms with Crippen molar-refractivity contribution < 1.29 is 0 Å². The minimum atomic E-state index is 0.455. The molecule has 0 saturated carbocycles. The van der Waals surface area contributed by atoms with Crippen molar-refractivity contribution in [3.8, 4) is 0 Å². The fourth-order valence-corrected chi connectivity index (χ4v) is 2.32. The third-order valence-electron chi connectivity index (χ3n) is 2.95. The monoisotopic (exact) mass is 295 g/mol. The van der Waals surface area contributed by atoms with Crippen molar-refractivity contribution in [3.05, 3.63) is 46.5 Å². The first kappa shape index (κ1) is 14.5. The van der Waals surface area contributed by atoms with E-state index >= 15 is 0 Å². The molecule has 1 aromatic rings. The zero-order chi connectivity index (χ0) is 12.7. The number of halogens is 1. The van der Waals surface area contributed by atoms with E-state index in [9.17, 15) is 0 Å². The zero-order valence-electron chi connectivity index (χ0n) is 10.8. The van der Waals surface area contributed by atoms with E-state index in [0.29, 0.717) is 6.04 Å². The third-order valence-corrected chi connectivity index (χ3v) is 3.80. The summed E-state index contributed by atoms with van der Waals surface area (Å²) >= 11 is 3.60. The van der Waals surface area contributed by atoms with Gasteiger partial charge in [-0.25, -0.2) is 0 Å². The summed E-state index contributed by atoms with van der Waals surface area (Å²) in [6.45, 7) is 9.05. The molecule has 0 amide bonds. The van der Waals surface area contributed by atoms with Gasteiger partial charge in [-0.05, 0) is 49.9 Å². The minimum absolute atomic E-state index is 0.455. The van der Waals surface area contributed by atoms with Crippen LogP contribution in [-0.2, 0) is 0 Å². The van der Waals surface area contributed by atoms with Crippen LogP contribution in [0.15, 0.2) is 35.3 Å². The molecule has 0 aliphatic rings. The zero-order valence-corrected chi connectivity index (χ0v) is 12.4. The fourth-order valence-electron chi connectivity index (χ4n) is 1.93. The number of hydrogen-bond acceptors (Lipinski definition) is 1. The lowest BCUT2D eigenvalue weighted by molar-refractivity contribution is 0.500. The Morgan fingerprint density at radius 1 is 1.47 bits per heavy atom. The molecular weight excluding hydrogens is 274 g/mol. The molecule has 0 bridgehead atoms. The largest absolute Gasteiger partial charge is 0.310 e. The van der Waals surface area contributed by atoms with Crippen LogP contribution < -0.4 is 5.32 Å². The third kappa shape index (κ3) is 4.64. The second-order valence-corrected chi connectivity index (χ2v) is 5.19. The Bertz CT molecular complexity index is 360. The lowest BCUT2D eigenvalue weighted by Crippen LogP contribution is -2.20. The van der Waals surface area contributed by atoms with Gasteiger partial charge >= 0.3 is 0 Å². The first-order chi connectivity index (χ1) is 8.19. The predicted molar refractivity (Wildman–Crippen MR) is 79.3 cm³/mol. The van der Waals surface area contributed by atoms with Gasteiger partial charge in [0.15, 0.2) is 0 Å². The second-order valence-electron chi connectivity index (χ2n) is 4.34. The molecule has 94 valence electrons. The lowest BCUT2D eigenvalue weighted by atomic mass is 10.00. The molecule has 0 radical (unpaired) electrons. The maximum Gasteiger partial charge on any atom is 0.0320 e. The van der Waals surface area contributed by atoms with Gasteiger partial charge in [-0.1, -0.05) is 41.1 Å². The number of unbranched alkanes of at least 4 members (excludes halogenated alkanes) is 1. The molecule has 1 aromatic carbocycles. The van der Waals surface area contributed by atoms with Crippen LogP contribution in [0.5, 0.6) is 0 Å². The highest BCUT2D eigenvalue weighted by molar-refractivity contribution is 9.10. The molecule has 0 heterocycles. The van der Waals surface area contributed by atoms with Crippen molar-refractivity contribution in [3.63, 3.8) is 0 Å². The normalized spacial score (nSPS) is 12.4. The molecule has 2 heteroatoms. The summed E-state index contributed by atoms with van der Waals surface area (Å²) in [5.41, 5.74) is 2.66. The molecule has 0 fully saturated rings. The summed E-state index contributed by atoms with van der Waals surface area (Å²) in [5, 5.41) is 3.55. The highest BCUT2D eigenvalue weighted by Gasteiger charge is 2.10. The van der Waals surface area contributed by atoms with Crippen molar-refractivity contribution >= 4 is 15.9 Å². The minimum Gasteiger partial charge on any atom is -0.310 e. The molecule has 0 spiro atoms. The van der Waals surface area contributed by atoms with Gasteiger partial charge in [0.2, 0.25) is 0 Å². The summed E-state index contributed by atoms with van der Waals surface area (Å²) in [4.78, 5) is 0. The van der Waals surface area contributed by atoms with E-state index in [2.05, 4.69) is 59.9 Å². The summed E-state index contributed by atoms with van der Waals surface area (Å²) in [6.07, 6.45) is 5.44. The topological polar surface area (TPSA) is 12.0 Å². The summed E-state index contributed by atoms with van der Waals surface area (Å²) in [6, 6.07) is 7.09. The van der Waals surface area contributed by atoms with E-state index in [-0.39, 0.29) is 0 Å². The van der Waals surface area contributed by atoms with Gasteiger partial charge in [-0.15, -0.1) is 6.58 Å². The van der Waals surface area contributed by atoms with Gasteiger partial charge in [-0.2, -0.15) is 0 Å². The molecule has 17 heavy (non-hydrogen) atoms. The number of benzene rings is 1. The van der Waals surface area contributed by atoms with E-state index in [1.165, 1.54) is 22.0 Å². The first-order valence-corrected chi connectivity index (χ1v) is 7.08. The van der Waals surface area contributed by atoms with Gasteiger partial charge in [0, 0.05) is 10.5 Å².